The first-order valence-corrected chi connectivity index (χ1v) is 7.50. The van der Waals surface area contributed by atoms with Gasteiger partial charge in [0.05, 0.1) is 4.90 Å². The van der Waals surface area contributed by atoms with Crippen LogP contribution in [0.4, 0.5) is 0 Å². The van der Waals surface area contributed by atoms with E-state index in [1.165, 1.54) is 12.1 Å². The summed E-state index contributed by atoms with van der Waals surface area (Å²) in [7, 11) is -1.73. The second kappa shape index (κ2) is 9.71. The summed E-state index contributed by atoms with van der Waals surface area (Å²) in [5, 5.41) is 5.57. The number of benzene rings is 1. The molecule has 20 heavy (non-hydrogen) atoms. The standard InChI is InChI=1S/C12H19N3O3S.ClH/c1-13-9-10-14-12(16)7-8-15-19(17,18)11-5-3-2-4-6-11;/h2-6,13,15H,7-10H2,1H3,(H,14,16);1H. The van der Waals surface area contributed by atoms with E-state index < -0.39 is 10.0 Å². The lowest BCUT2D eigenvalue weighted by Gasteiger charge is -2.07. The van der Waals surface area contributed by atoms with E-state index in [0.717, 1.165) is 0 Å². The molecule has 0 unspecified atom stereocenters. The van der Waals surface area contributed by atoms with Gasteiger partial charge in [-0.25, -0.2) is 13.1 Å². The van der Waals surface area contributed by atoms with Gasteiger partial charge in [-0.15, -0.1) is 12.4 Å². The van der Waals surface area contributed by atoms with Crippen LogP contribution >= 0.6 is 12.4 Å². The number of nitrogens with one attached hydrogen (secondary N) is 3. The fourth-order valence-corrected chi connectivity index (χ4v) is 2.45. The minimum atomic E-state index is -3.52. The number of likely N-dealkylation sites (N-methyl/N-ethyl adjacent to an activating group) is 1. The monoisotopic (exact) mass is 321 g/mol. The molecule has 114 valence electrons. The molecule has 0 saturated carbocycles. The molecule has 8 heteroatoms. The zero-order chi connectivity index (χ0) is 14.1. The molecule has 1 rings (SSSR count). The minimum Gasteiger partial charge on any atom is -0.355 e. The highest BCUT2D eigenvalue weighted by Crippen LogP contribution is 2.06. The zero-order valence-corrected chi connectivity index (χ0v) is 12.9. The Morgan fingerprint density at radius 2 is 1.75 bits per heavy atom. The van der Waals surface area contributed by atoms with Crippen LogP contribution in [-0.2, 0) is 14.8 Å². The van der Waals surface area contributed by atoms with Crippen LogP contribution in [0.15, 0.2) is 35.2 Å². The molecular weight excluding hydrogens is 302 g/mol. The third-order valence-corrected chi connectivity index (χ3v) is 3.87. The molecule has 0 spiro atoms. The van der Waals surface area contributed by atoms with Crippen molar-refractivity contribution in [3.05, 3.63) is 30.3 Å². The summed E-state index contributed by atoms with van der Waals surface area (Å²) < 4.78 is 26.0. The van der Waals surface area contributed by atoms with E-state index in [4.69, 9.17) is 0 Å². The number of carbonyl (C=O) groups is 1. The lowest BCUT2D eigenvalue weighted by molar-refractivity contribution is -0.120. The lowest BCUT2D eigenvalue weighted by Crippen LogP contribution is -2.33. The van der Waals surface area contributed by atoms with Gasteiger partial charge in [0, 0.05) is 26.1 Å². The van der Waals surface area contributed by atoms with Crippen molar-refractivity contribution in [1.82, 2.24) is 15.4 Å². The molecule has 0 aliphatic carbocycles. The van der Waals surface area contributed by atoms with Crippen LogP contribution in [0.2, 0.25) is 0 Å². The van der Waals surface area contributed by atoms with Crippen molar-refractivity contribution >= 4 is 28.3 Å². The Balaban J connectivity index is 0.00000361. The zero-order valence-electron chi connectivity index (χ0n) is 11.3. The number of carbonyl (C=O) groups excluding carboxylic acids is 1. The molecule has 0 aliphatic rings. The number of sulfonamides is 1. The summed E-state index contributed by atoms with van der Waals surface area (Å²) in [5.41, 5.74) is 0. The summed E-state index contributed by atoms with van der Waals surface area (Å²) in [6, 6.07) is 8.07. The maximum absolute atomic E-state index is 11.8. The fraction of sp³-hybridized carbons (Fsp3) is 0.417. The van der Waals surface area contributed by atoms with E-state index in [1.54, 1.807) is 25.2 Å². The molecule has 1 amide bonds. The molecule has 0 heterocycles. The largest absolute Gasteiger partial charge is 0.355 e. The van der Waals surface area contributed by atoms with Crippen molar-refractivity contribution < 1.29 is 13.2 Å². The van der Waals surface area contributed by atoms with Gasteiger partial charge in [-0.1, -0.05) is 18.2 Å². The summed E-state index contributed by atoms with van der Waals surface area (Å²) in [6.07, 6.45) is 0.121. The molecule has 0 aromatic heterocycles. The van der Waals surface area contributed by atoms with Crippen LogP contribution in [0.25, 0.3) is 0 Å². The predicted molar refractivity (Wildman–Crippen MR) is 80.4 cm³/mol. The second-order valence-corrected chi connectivity index (χ2v) is 5.68. The number of halogens is 1. The van der Waals surface area contributed by atoms with Crippen molar-refractivity contribution in [2.45, 2.75) is 11.3 Å². The Morgan fingerprint density at radius 1 is 1.10 bits per heavy atom. The molecule has 1 aromatic carbocycles. The Bertz CT molecular complexity index is 494. The van der Waals surface area contributed by atoms with E-state index in [1.807, 2.05) is 0 Å². The molecular formula is C12H20ClN3O3S. The van der Waals surface area contributed by atoms with E-state index in [-0.39, 0.29) is 36.2 Å². The molecule has 6 nitrogen and oxygen atoms in total. The van der Waals surface area contributed by atoms with Gasteiger partial charge in [0.1, 0.15) is 0 Å². The van der Waals surface area contributed by atoms with E-state index in [0.29, 0.717) is 13.1 Å². The van der Waals surface area contributed by atoms with Crippen LogP contribution in [0.5, 0.6) is 0 Å². The van der Waals surface area contributed by atoms with Crippen molar-refractivity contribution in [2.24, 2.45) is 0 Å². The van der Waals surface area contributed by atoms with Crippen LogP contribution in [0.1, 0.15) is 6.42 Å². The normalized spacial score (nSPS) is 10.7. The smallest absolute Gasteiger partial charge is 0.240 e. The minimum absolute atomic E-state index is 0. The highest BCUT2D eigenvalue weighted by Gasteiger charge is 2.12. The van der Waals surface area contributed by atoms with E-state index >= 15 is 0 Å². The molecule has 0 bridgehead atoms. The fourth-order valence-electron chi connectivity index (χ4n) is 1.40. The molecule has 0 aliphatic heterocycles. The predicted octanol–water partition coefficient (Wildman–Crippen LogP) is 0.112. The SMILES string of the molecule is CNCCNC(=O)CCNS(=O)(=O)c1ccccc1.Cl. The summed E-state index contributed by atoms with van der Waals surface area (Å²) >= 11 is 0. The van der Waals surface area contributed by atoms with Crippen LogP contribution in [-0.4, -0.2) is 41.0 Å². The van der Waals surface area contributed by atoms with Gasteiger partial charge in [0.25, 0.3) is 0 Å². The van der Waals surface area contributed by atoms with Crippen LogP contribution < -0.4 is 15.4 Å². The molecule has 0 fully saturated rings. The lowest BCUT2D eigenvalue weighted by atomic mass is 10.4. The number of hydrogen-bond donors (Lipinski definition) is 3. The van der Waals surface area contributed by atoms with Gasteiger partial charge in [-0.3, -0.25) is 4.79 Å². The summed E-state index contributed by atoms with van der Waals surface area (Å²) in [5.74, 6) is -0.175. The maximum atomic E-state index is 11.8. The number of hydrogen-bond acceptors (Lipinski definition) is 4. The first kappa shape index (κ1) is 18.9. The molecule has 0 atom stereocenters. The molecule has 0 radical (unpaired) electrons. The first-order valence-electron chi connectivity index (χ1n) is 6.02. The number of rotatable bonds is 8. The molecule has 3 N–H and O–H groups in total. The quantitative estimate of drug-likeness (QED) is 0.593. The van der Waals surface area contributed by atoms with Crippen molar-refractivity contribution in [3.63, 3.8) is 0 Å². The summed E-state index contributed by atoms with van der Waals surface area (Å²) in [6.45, 7) is 1.30. The van der Waals surface area contributed by atoms with Gasteiger partial charge in [-0.2, -0.15) is 0 Å². The Labute approximate surface area is 125 Å². The van der Waals surface area contributed by atoms with E-state index in [9.17, 15) is 13.2 Å². The van der Waals surface area contributed by atoms with Crippen LogP contribution in [0.3, 0.4) is 0 Å². The third kappa shape index (κ3) is 6.85. The van der Waals surface area contributed by atoms with Gasteiger partial charge >= 0.3 is 0 Å². The van der Waals surface area contributed by atoms with Crippen LogP contribution in [0, 0.1) is 0 Å². The maximum Gasteiger partial charge on any atom is 0.240 e. The van der Waals surface area contributed by atoms with Crippen molar-refractivity contribution in [2.75, 3.05) is 26.7 Å². The highest BCUT2D eigenvalue weighted by atomic mass is 35.5. The average molecular weight is 322 g/mol. The Kier molecular flexibility index (Phi) is 9.15. The van der Waals surface area contributed by atoms with Gasteiger partial charge < -0.3 is 10.6 Å². The van der Waals surface area contributed by atoms with Gasteiger partial charge in [-0.05, 0) is 19.2 Å². The number of amides is 1. The van der Waals surface area contributed by atoms with Crippen molar-refractivity contribution in [3.8, 4) is 0 Å². The Morgan fingerprint density at radius 3 is 2.35 bits per heavy atom. The first-order chi connectivity index (χ1) is 9.06. The van der Waals surface area contributed by atoms with Gasteiger partial charge in [0.2, 0.25) is 15.9 Å². The second-order valence-electron chi connectivity index (χ2n) is 3.91. The van der Waals surface area contributed by atoms with Gasteiger partial charge in [0.15, 0.2) is 0 Å². The average Bonchev–Trinajstić information content (AvgIpc) is 2.40. The third-order valence-electron chi connectivity index (χ3n) is 2.39. The highest BCUT2D eigenvalue weighted by molar-refractivity contribution is 7.89. The molecule has 1 aromatic rings. The van der Waals surface area contributed by atoms with Crippen molar-refractivity contribution in [1.29, 1.82) is 0 Å². The summed E-state index contributed by atoms with van der Waals surface area (Å²) in [4.78, 5) is 11.6. The Hall–Kier alpha value is -1.15. The topological polar surface area (TPSA) is 87.3 Å². The van der Waals surface area contributed by atoms with E-state index in [2.05, 4.69) is 15.4 Å². The molecule has 0 saturated heterocycles.